The van der Waals surface area contributed by atoms with Gasteiger partial charge in [0.1, 0.15) is 0 Å². The molecule has 1 fully saturated rings. The predicted molar refractivity (Wildman–Crippen MR) is 91.3 cm³/mol. The number of hydrogen-bond donors (Lipinski definition) is 2. The summed E-state index contributed by atoms with van der Waals surface area (Å²) in [6.07, 6.45) is 1.49. The highest BCUT2D eigenvalue weighted by Gasteiger charge is 2.22. The quantitative estimate of drug-likeness (QED) is 0.846. The van der Waals surface area contributed by atoms with E-state index < -0.39 is 0 Å². The van der Waals surface area contributed by atoms with E-state index in [2.05, 4.69) is 26.2 Å². The number of nitrogens with zero attached hydrogens (tertiary/aromatic N) is 5. The maximum atomic E-state index is 12.2. The summed E-state index contributed by atoms with van der Waals surface area (Å²) in [5.41, 5.74) is 1.39. The molecule has 9 nitrogen and oxygen atoms in total. The number of rotatable bonds is 5. The van der Waals surface area contributed by atoms with Crippen molar-refractivity contribution >= 4 is 17.6 Å². The Morgan fingerprint density at radius 3 is 2.92 bits per heavy atom. The van der Waals surface area contributed by atoms with Crippen molar-refractivity contribution in [2.24, 2.45) is 0 Å². The largest absolute Gasteiger partial charge is 0.341 e. The molecule has 2 aromatic rings. The Balaban J connectivity index is 1.57. The van der Waals surface area contributed by atoms with E-state index in [9.17, 15) is 9.59 Å². The Kier molecular flexibility index (Phi) is 4.92. The van der Waals surface area contributed by atoms with Crippen molar-refractivity contribution in [2.75, 3.05) is 18.4 Å². The zero-order chi connectivity index (χ0) is 17.8. The highest BCUT2D eigenvalue weighted by molar-refractivity contribution is 5.89. The van der Waals surface area contributed by atoms with Gasteiger partial charge in [-0.25, -0.2) is 4.79 Å². The lowest BCUT2D eigenvalue weighted by molar-refractivity contribution is -0.127. The molecule has 132 valence electrons. The number of benzene rings is 1. The van der Waals surface area contributed by atoms with Crippen molar-refractivity contribution in [3.8, 4) is 5.69 Å². The number of aryl methyl sites for hydroxylation is 1. The molecule has 9 heteroatoms. The van der Waals surface area contributed by atoms with Gasteiger partial charge in [-0.3, -0.25) is 4.79 Å². The number of carbonyl (C=O) groups excluding carboxylic acids is 2. The lowest BCUT2D eigenvalue weighted by Crippen LogP contribution is -2.44. The minimum Gasteiger partial charge on any atom is -0.341 e. The van der Waals surface area contributed by atoms with Crippen LogP contribution in [0.5, 0.6) is 0 Å². The Hall–Kier alpha value is -2.97. The Morgan fingerprint density at radius 2 is 2.24 bits per heavy atom. The number of aromatic nitrogens is 4. The highest BCUT2D eigenvalue weighted by atomic mass is 16.2. The van der Waals surface area contributed by atoms with Gasteiger partial charge >= 0.3 is 6.03 Å². The van der Waals surface area contributed by atoms with Crippen molar-refractivity contribution in [1.82, 2.24) is 30.4 Å². The first-order valence-corrected chi connectivity index (χ1v) is 8.23. The predicted octanol–water partition coefficient (Wildman–Crippen LogP) is 1.10. The van der Waals surface area contributed by atoms with Crippen LogP contribution in [0.15, 0.2) is 24.3 Å². The number of likely N-dealkylation sites (tertiary alicyclic amines) is 1. The number of carbonyl (C=O) groups is 2. The number of hydrogen-bond acceptors (Lipinski definition) is 5. The molecule has 1 aromatic heterocycles. The van der Waals surface area contributed by atoms with Gasteiger partial charge in [-0.05, 0) is 48.9 Å². The van der Waals surface area contributed by atoms with Crippen LogP contribution in [-0.2, 0) is 4.79 Å². The Bertz CT molecular complexity index is 773. The summed E-state index contributed by atoms with van der Waals surface area (Å²) in [7, 11) is 0. The highest BCUT2D eigenvalue weighted by Crippen LogP contribution is 2.15. The second kappa shape index (κ2) is 7.29. The van der Waals surface area contributed by atoms with Gasteiger partial charge in [-0.2, -0.15) is 4.68 Å². The molecule has 0 aliphatic carbocycles. The van der Waals surface area contributed by atoms with Crippen LogP contribution in [0.4, 0.5) is 10.5 Å². The first kappa shape index (κ1) is 16.9. The summed E-state index contributed by atoms with van der Waals surface area (Å²) >= 11 is 0. The van der Waals surface area contributed by atoms with E-state index in [0.29, 0.717) is 24.5 Å². The van der Waals surface area contributed by atoms with Gasteiger partial charge in [0.15, 0.2) is 5.82 Å². The number of amides is 3. The molecule has 1 aliphatic heterocycles. The van der Waals surface area contributed by atoms with Crippen LogP contribution in [0.2, 0.25) is 0 Å². The first-order valence-electron chi connectivity index (χ1n) is 8.23. The van der Waals surface area contributed by atoms with Gasteiger partial charge in [0.2, 0.25) is 5.91 Å². The van der Waals surface area contributed by atoms with Crippen molar-refractivity contribution in [1.29, 1.82) is 0 Å². The first-order chi connectivity index (χ1) is 12.0. The molecule has 1 aromatic carbocycles. The van der Waals surface area contributed by atoms with Gasteiger partial charge in [0.25, 0.3) is 0 Å². The molecule has 0 bridgehead atoms. The van der Waals surface area contributed by atoms with Gasteiger partial charge < -0.3 is 15.5 Å². The Morgan fingerprint density at radius 1 is 1.40 bits per heavy atom. The number of nitrogens with one attached hydrogen (secondary N) is 2. The second-order valence-corrected chi connectivity index (χ2v) is 6.13. The van der Waals surface area contributed by atoms with Crippen LogP contribution in [0.1, 0.15) is 25.6 Å². The van der Waals surface area contributed by atoms with Crippen LogP contribution >= 0.6 is 0 Å². The van der Waals surface area contributed by atoms with E-state index in [1.807, 2.05) is 19.1 Å². The lowest BCUT2D eigenvalue weighted by Gasteiger charge is -2.21. The fraction of sp³-hybridized carbons (Fsp3) is 0.438. The molecule has 0 spiro atoms. The summed E-state index contributed by atoms with van der Waals surface area (Å²) in [5.74, 6) is 0.809. The SMILES string of the molecule is Cc1nnnn1-c1cccc(NC(=O)NC(C)CN2CCCC2=O)c1. The lowest BCUT2D eigenvalue weighted by atomic mass is 10.2. The zero-order valence-corrected chi connectivity index (χ0v) is 14.3. The minimum atomic E-state index is -0.315. The molecule has 25 heavy (non-hydrogen) atoms. The van der Waals surface area contributed by atoms with Crippen molar-refractivity contribution in [2.45, 2.75) is 32.7 Å². The molecule has 1 saturated heterocycles. The molecular weight excluding hydrogens is 322 g/mol. The second-order valence-electron chi connectivity index (χ2n) is 6.13. The van der Waals surface area contributed by atoms with Crippen LogP contribution in [0.3, 0.4) is 0 Å². The Labute approximate surface area is 145 Å². The summed E-state index contributed by atoms with van der Waals surface area (Å²) in [5, 5.41) is 17.0. The standard InChI is InChI=1S/C16H21N7O2/c1-11(10-22-8-4-7-15(22)24)17-16(25)18-13-5-3-6-14(9-13)23-12(2)19-20-21-23/h3,5-6,9,11H,4,7-8,10H2,1-2H3,(H2,17,18,25). The van der Waals surface area contributed by atoms with E-state index >= 15 is 0 Å². The topological polar surface area (TPSA) is 105 Å². The molecule has 2 heterocycles. The minimum absolute atomic E-state index is 0.132. The van der Waals surface area contributed by atoms with Crippen LogP contribution in [0, 0.1) is 6.92 Å². The van der Waals surface area contributed by atoms with Gasteiger partial charge in [-0.15, -0.1) is 5.10 Å². The molecule has 1 aliphatic rings. The molecule has 1 atom stereocenters. The summed E-state index contributed by atoms with van der Waals surface area (Å²) < 4.78 is 1.59. The normalized spacial score (nSPS) is 15.3. The molecule has 0 radical (unpaired) electrons. The van der Waals surface area contributed by atoms with Crippen molar-refractivity contribution in [3.63, 3.8) is 0 Å². The molecule has 1 unspecified atom stereocenters. The van der Waals surface area contributed by atoms with Crippen molar-refractivity contribution in [3.05, 3.63) is 30.1 Å². The third kappa shape index (κ3) is 4.11. The van der Waals surface area contributed by atoms with E-state index in [-0.39, 0.29) is 18.0 Å². The van der Waals surface area contributed by atoms with Gasteiger partial charge in [0.05, 0.1) is 5.69 Å². The fourth-order valence-corrected chi connectivity index (χ4v) is 2.85. The van der Waals surface area contributed by atoms with E-state index in [0.717, 1.165) is 18.7 Å². The number of urea groups is 1. The van der Waals surface area contributed by atoms with Gasteiger partial charge in [-0.1, -0.05) is 6.07 Å². The summed E-state index contributed by atoms with van der Waals surface area (Å²) in [6.45, 7) is 4.97. The third-order valence-corrected chi connectivity index (χ3v) is 4.02. The smallest absolute Gasteiger partial charge is 0.319 e. The molecule has 3 amide bonds. The molecule has 2 N–H and O–H groups in total. The maximum Gasteiger partial charge on any atom is 0.319 e. The van der Waals surface area contributed by atoms with E-state index in [4.69, 9.17) is 0 Å². The molecule has 3 rings (SSSR count). The average molecular weight is 343 g/mol. The van der Waals surface area contributed by atoms with Crippen LogP contribution < -0.4 is 10.6 Å². The molecule has 0 saturated carbocycles. The summed E-state index contributed by atoms with van der Waals surface area (Å²) in [6, 6.07) is 6.80. The third-order valence-electron chi connectivity index (χ3n) is 4.02. The van der Waals surface area contributed by atoms with Crippen molar-refractivity contribution < 1.29 is 9.59 Å². The molecular formula is C16H21N7O2. The monoisotopic (exact) mass is 343 g/mol. The van der Waals surface area contributed by atoms with Crippen LogP contribution in [-0.4, -0.2) is 56.2 Å². The number of anilines is 1. The zero-order valence-electron chi connectivity index (χ0n) is 14.3. The average Bonchev–Trinajstić information content (AvgIpc) is 3.16. The van der Waals surface area contributed by atoms with E-state index in [1.54, 1.807) is 28.6 Å². The van der Waals surface area contributed by atoms with Crippen LogP contribution in [0.25, 0.3) is 5.69 Å². The number of tetrazole rings is 1. The van der Waals surface area contributed by atoms with Gasteiger partial charge in [0, 0.05) is 31.2 Å². The van der Waals surface area contributed by atoms with E-state index in [1.165, 1.54) is 0 Å². The summed E-state index contributed by atoms with van der Waals surface area (Å²) in [4.78, 5) is 25.6. The maximum absolute atomic E-state index is 12.2. The fourth-order valence-electron chi connectivity index (χ4n) is 2.85.